The van der Waals surface area contributed by atoms with Crippen molar-refractivity contribution in [3.63, 3.8) is 0 Å². The van der Waals surface area contributed by atoms with Crippen LogP contribution in [0.5, 0.6) is 0 Å². The van der Waals surface area contributed by atoms with E-state index in [1.54, 1.807) is 0 Å². The number of nitrogens with one attached hydrogen (secondary N) is 1. The van der Waals surface area contributed by atoms with Gasteiger partial charge in [0.05, 0.1) is 0 Å². The summed E-state index contributed by atoms with van der Waals surface area (Å²) < 4.78 is 2.19. The standard InChI is InChI=1S/C8H14N4/c1-9-8-11-10-7-5-3-2-4-6-12(7)8/h2-6H2,1H3,(H,9,11). The number of aryl methyl sites for hydroxylation is 1. The number of hydrogen-bond acceptors (Lipinski definition) is 3. The summed E-state index contributed by atoms with van der Waals surface area (Å²) in [6.45, 7) is 1.07. The Balaban J connectivity index is 2.32. The average Bonchev–Trinajstić information content (AvgIpc) is 2.33. The lowest BCUT2D eigenvalue weighted by molar-refractivity contribution is 0.637. The SMILES string of the molecule is CNc1nnc2n1CCCCC2. The van der Waals surface area contributed by atoms with Crippen molar-refractivity contribution in [2.45, 2.75) is 32.2 Å². The highest BCUT2D eigenvalue weighted by Gasteiger charge is 2.12. The Bertz CT molecular complexity index is 266. The van der Waals surface area contributed by atoms with E-state index in [4.69, 9.17) is 0 Å². The molecule has 0 aliphatic carbocycles. The van der Waals surface area contributed by atoms with Crippen LogP contribution in [-0.2, 0) is 13.0 Å². The van der Waals surface area contributed by atoms with Gasteiger partial charge in [-0.2, -0.15) is 0 Å². The van der Waals surface area contributed by atoms with E-state index in [9.17, 15) is 0 Å². The highest BCUT2D eigenvalue weighted by atomic mass is 15.3. The Morgan fingerprint density at radius 3 is 3.00 bits per heavy atom. The zero-order valence-corrected chi connectivity index (χ0v) is 7.38. The molecule has 1 aliphatic rings. The van der Waals surface area contributed by atoms with Gasteiger partial charge < -0.3 is 5.32 Å². The molecular formula is C8H14N4. The van der Waals surface area contributed by atoms with Crippen molar-refractivity contribution in [1.29, 1.82) is 0 Å². The molecule has 4 heteroatoms. The number of hydrogen-bond donors (Lipinski definition) is 1. The first-order valence-electron chi connectivity index (χ1n) is 4.51. The molecule has 0 saturated heterocycles. The lowest BCUT2D eigenvalue weighted by atomic mass is 10.2. The third-order valence-electron chi connectivity index (χ3n) is 2.33. The van der Waals surface area contributed by atoms with E-state index in [1.807, 2.05) is 7.05 Å². The van der Waals surface area contributed by atoms with Gasteiger partial charge in [-0.1, -0.05) is 6.42 Å². The van der Waals surface area contributed by atoms with Crippen LogP contribution in [0.3, 0.4) is 0 Å². The Hall–Kier alpha value is -1.06. The van der Waals surface area contributed by atoms with Crippen LogP contribution in [0.15, 0.2) is 0 Å². The van der Waals surface area contributed by atoms with Crippen molar-refractivity contribution in [3.8, 4) is 0 Å². The molecule has 0 bridgehead atoms. The molecule has 2 heterocycles. The molecule has 0 atom stereocenters. The fraction of sp³-hybridized carbons (Fsp3) is 0.750. The third kappa shape index (κ3) is 1.17. The second-order valence-corrected chi connectivity index (χ2v) is 3.15. The summed E-state index contributed by atoms with van der Waals surface area (Å²) in [4.78, 5) is 0. The molecule has 12 heavy (non-hydrogen) atoms. The minimum atomic E-state index is 0.909. The van der Waals surface area contributed by atoms with Crippen LogP contribution in [0.1, 0.15) is 25.1 Å². The molecule has 0 radical (unpaired) electrons. The Morgan fingerprint density at radius 2 is 2.17 bits per heavy atom. The Labute approximate surface area is 72.0 Å². The molecule has 0 saturated carbocycles. The summed E-state index contributed by atoms with van der Waals surface area (Å²) in [6.07, 6.45) is 4.89. The second kappa shape index (κ2) is 3.13. The van der Waals surface area contributed by atoms with E-state index in [0.717, 1.165) is 24.7 Å². The molecule has 4 nitrogen and oxygen atoms in total. The van der Waals surface area contributed by atoms with Gasteiger partial charge >= 0.3 is 0 Å². The molecule has 0 amide bonds. The smallest absolute Gasteiger partial charge is 0.224 e. The molecule has 0 spiro atoms. The second-order valence-electron chi connectivity index (χ2n) is 3.15. The van der Waals surface area contributed by atoms with Crippen molar-refractivity contribution < 1.29 is 0 Å². The van der Waals surface area contributed by atoms with Crippen LogP contribution < -0.4 is 5.32 Å². The van der Waals surface area contributed by atoms with Crippen LogP contribution in [-0.4, -0.2) is 21.8 Å². The maximum Gasteiger partial charge on any atom is 0.224 e. The van der Waals surface area contributed by atoms with Crippen LogP contribution in [0.2, 0.25) is 0 Å². The van der Waals surface area contributed by atoms with E-state index in [-0.39, 0.29) is 0 Å². The molecule has 0 aromatic carbocycles. The molecule has 1 aliphatic heterocycles. The van der Waals surface area contributed by atoms with Crippen molar-refractivity contribution in [2.75, 3.05) is 12.4 Å². The average molecular weight is 166 g/mol. The Morgan fingerprint density at radius 1 is 1.25 bits per heavy atom. The highest BCUT2D eigenvalue weighted by molar-refractivity contribution is 5.24. The maximum absolute atomic E-state index is 4.14. The first kappa shape index (κ1) is 7.58. The summed E-state index contributed by atoms with van der Waals surface area (Å²) >= 11 is 0. The van der Waals surface area contributed by atoms with Gasteiger partial charge in [0, 0.05) is 20.0 Å². The van der Waals surface area contributed by atoms with Gasteiger partial charge in [0.1, 0.15) is 5.82 Å². The van der Waals surface area contributed by atoms with Crippen molar-refractivity contribution in [1.82, 2.24) is 14.8 Å². The number of nitrogens with zero attached hydrogens (tertiary/aromatic N) is 3. The maximum atomic E-state index is 4.14. The van der Waals surface area contributed by atoms with Crippen molar-refractivity contribution >= 4 is 5.95 Å². The van der Waals surface area contributed by atoms with E-state index in [0.29, 0.717) is 0 Å². The first-order valence-corrected chi connectivity index (χ1v) is 4.51. The quantitative estimate of drug-likeness (QED) is 0.678. The number of fused-ring (bicyclic) bond motifs is 1. The summed E-state index contributed by atoms with van der Waals surface area (Å²) in [6, 6.07) is 0. The normalized spacial score (nSPS) is 16.8. The van der Waals surface area contributed by atoms with Crippen LogP contribution in [0.4, 0.5) is 5.95 Å². The lowest BCUT2D eigenvalue weighted by Gasteiger charge is -2.04. The Kier molecular flexibility index (Phi) is 1.98. The summed E-state index contributed by atoms with van der Waals surface area (Å²) in [7, 11) is 1.89. The predicted molar refractivity (Wildman–Crippen MR) is 47.1 cm³/mol. The third-order valence-corrected chi connectivity index (χ3v) is 2.33. The van der Waals surface area contributed by atoms with Crippen LogP contribution in [0, 0.1) is 0 Å². The minimum absolute atomic E-state index is 0.909. The minimum Gasteiger partial charge on any atom is -0.357 e. The van der Waals surface area contributed by atoms with Crippen molar-refractivity contribution in [3.05, 3.63) is 5.82 Å². The van der Waals surface area contributed by atoms with Gasteiger partial charge in [-0.3, -0.25) is 4.57 Å². The molecule has 1 N–H and O–H groups in total. The van der Waals surface area contributed by atoms with Crippen LogP contribution >= 0.6 is 0 Å². The number of rotatable bonds is 1. The molecule has 1 aromatic rings. The molecule has 0 fully saturated rings. The largest absolute Gasteiger partial charge is 0.357 e. The topological polar surface area (TPSA) is 42.7 Å². The van der Waals surface area contributed by atoms with E-state index in [2.05, 4.69) is 20.1 Å². The molecular weight excluding hydrogens is 152 g/mol. The fourth-order valence-corrected chi connectivity index (χ4v) is 1.67. The number of aromatic nitrogens is 3. The summed E-state index contributed by atoms with van der Waals surface area (Å²) in [5.74, 6) is 2.05. The lowest BCUT2D eigenvalue weighted by Crippen LogP contribution is -2.05. The van der Waals surface area contributed by atoms with E-state index in [1.165, 1.54) is 19.3 Å². The molecule has 2 rings (SSSR count). The predicted octanol–water partition coefficient (Wildman–Crippen LogP) is 1.05. The fourth-order valence-electron chi connectivity index (χ4n) is 1.67. The van der Waals surface area contributed by atoms with Gasteiger partial charge in [-0.25, -0.2) is 0 Å². The van der Waals surface area contributed by atoms with Gasteiger partial charge in [0.25, 0.3) is 0 Å². The first-order chi connectivity index (χ1) is 5.92. The highest BCUT2D eigenvalue weighted by Crippen LogP contribution is 2.16. The molecule has 1 aromatic heterocycles. The van der Waals surface area contributed by atoms with Gasteiger partial charge in [0.2, 0.25) is 5.95 Å². The molecule has 66 valence electrons. The molecule has 0 unspecified atom stereocenters. The van der Waals surface area contributed by atoms with Gasteiger partial charge in [-0.05, 0) is 12.8 Å². The monoisotopic (exact) mass is 166 g/mol. The zero-order valence-electron chi connectivity index (χ0n) is 7.38. The van der Waals surface area contributed by atoms with Gasteiger partial charge in [-0.15, -0.1) is 10.2 Å². The van der Waals surface area contributed by atoms with E-state index < -0.39 is 0 Å². The van der Waals surface area contributed by atoms with E-state index >= 15 is 0 Å². The summed E-state index contributed by atoms with van der Waals surface area (Å²) in [5.41, 5.74) is 0. The summed E-state index contributed by atoms with van der Waals surface area (Å²) in [5, 5.41) is 11.3. The number of anilines is 1. The van der Waals surface area contributed by atoms with Crippen LogP contribution in [0.25, 0.3) is 0 Å². The van der Waals surface area contributed by atoms with Gasteiger partial charge in [0.15, 0.2) is 0 Å². The zero-order chi connectivity index (χ0) is 8.39. The van der Waals surface area contributed by atoms with Crippen molar-refractivity contribution in [2.24, 2.45) is 0 Å².